The normalized spacial score (nSPS) is 18.1. The summed E-state index contributed by atoms with van der Waals surface area (Å²) in [5, 5.41) is 12.1. The molecule has 0 amide bonds. The third-order valence-electron chi connectivity index (χ3n) is 2.51. The van der Waals surface area contributed by atoms with Gasteiger partial charge >= 0.3 is 0 Å². The van der Waals surface area contributed by atoms with Crippen LogP contribution in [0.2, 0.25) is 0 Å². The van der Waals surface area contributed by atoms with Crippen molar-refractivity contribution in [1.29, 1.82) is 0 Å². The molecule has 1 aromatic carbocycles. The van der Waals surface area contributed by atoms with Gasteiger partial charge in [0, 0.05) is 5.69 Å². The second-order valence-corrected chi connectivity index (χ2v) is 3.38. The van der Waals surface area contributed by atoms with Crippen LogP contribution in [0.3, 0.4) is 0 Å². The molecule has 0 aromatic heterocycles. The van der Waals surface area contributed by atoms with Gasteiger partial charge in [0.05, 0.1) is 12.0 Å². The molecule has 0 unspecified atom stereocenters. The Kier molecular flexibility index (Phi) is 1.97. The predicted octanol–water partition coefficient (Wildman–Crippen LogP) is 2.75. The number of nitrogens with one attached hydrogen (secondary N) is 1. The van der Waals surface area contributed by atoms with Crippen LogP contribution in [-0.2, 0) is 6.42 Å². The Morgan fingerprint density at radius 3 is 3.00 bits per heavy atom. The van der Waals surface area contributed by atoms with E-state index in [4.69, 9.17) is 5.11 Å². The smallest absolute Gasteiger partial charge is 0.0984 e. The van der Waals surface area contributed by atoms with E-state index in [0.717, 1.165) is 30.5 Å². The monoisotopic (exact) mass is 175 g/mol. The van der Waals surface area contributed by atoms with E-state index in [9.17, 15) is 0 Å². The average molecular weight is 175 g/mol. The van der Waals surface area contributed by atoms with Gasteiger partial charge in [-0.15, -0.1) is 0 Å². The van der Waals surface area contributed by atoms with Crippen molar-refractivity contribution in [3.8, 4) is 0 Å². The van der Waals surface area contributed by atoms with E-state index in [1.807, 2.05) is 12.1 Å². The summed E-state index contributed by atoms with van der Waals surface area (Å²) < 4.78 is 0. The molecular formula is C11H13NO. The summed E-state index contributed by atoms with van der Waals surface area (Å²) in [6.45, 7) is 2.12. The fourth-order valence-corrected chi connectivity index (χ4v) is 1.74. The molecule has 1 heterocycles. The van der Waals surface area contributed by atoms with Crippen molar-refractivity contribution in [1.82, 2.24) is 0 Å². The van der Waals surface area contributed by atoms with Crippen LogP contribution < -0.4 is 5.32 Å². The summed E-state index contributed by atoms with van der Waals surface area (Å²) in [5.41, 5.74) is 4.72. The Morgan fingerprint density at radius 2 is 2.23 bits per heavy atom. The van der Waals surface area contributed by atoms with E-state index in [-0.39, 0.29) is 0 Å². The van der Waals surface area contributed by atoms with Gasteiger partial charge in [-0.25, -0.2) is 0 Å². The molecule has 0 aliphatic carbocycles. The second kappa shape index (κ2) is 3.13. The lowest BCUT2D eigenvalue weighted by atomic mass is 9.97. The van der Waals surface area contributed by atoms with Gasteiger partial charge in [-0.1, -0.05) is 12.1 Å². The number of aryl methyl sites for hydroxylation is 1. The maximum atomic E-state index is 8.86. The summed E-state index contributed by atoms with van der Waals surface area (Å²) in [4.78, 5) is 0. The lowest BCUT2D eigenvalue weighted by molar-refractivity contribution is 0.464. The second-order valence-electron chi connectivity index (χ2n) is 3.38. The molecule has 2 heteroatoms. The number of rotatable bonds is 0. The third kappa shape index (κ3) is 1.39. The van der Waals surface area contributed by atoms with Crippen molar-refractivity contribution in [2.45, 2.75) is 19.8 Å². The molecule has 0 saturated carbocycles. The Morgan fingerprint density at radius 1 is 1.38 bits per heavy atom. The largest absolute Gasteiger partial charge is 0.514 e. The molecule has 0 saturated heterocycles. The quantitative estimate of drug-likeness (QED) is 0.594. The molecule has 2 nitrogen and oxygen atoms in total. The average Bonchev–Trinajstić information content (AvgIpc) is 2.18. The van der Waals surface area contributed by atoms with Crippen LogP contribution >= 0.6 is 0 Å². The molecule has 0 bridgehead atoms. The van der Waals surface area contributed by atoms with Gasteiger partial charge in [0.25, 0.3) is 0 Å². The third-order valence-corrected chi connectivity index (χ3v) is 2.51. The molecule has 0 fully saturated rings. The number of aliphatic hydroxyl groups is 1. The molecular weight excluding hydrogens is 162 g/mol. The van der Waals surface area contributed by atoms with Crippen molar-refractivity contribution in [3.05, 3.63) is 41.3 Å². The van der Waals surface area contributed by atoms with Gasteiger partial charge in [0.15, 0.2) is 0 Å². The van der Waals surface area contributed by atoms with Crippen LogP contribution in [0.1, 0.15) is 17.5 Å². The fraction of sp³-hybridized carbons (Fsp3) is 0.273. The topological polar surface area (TPSA) is 32.3 Å². The van der Waals surface area contributed by atoms with Gasteiger partial charge in [-0.05, 0) is 37.0 Å². The highest BCUT2D eigenvalue weighted by atomic mass is 16.2. The molecule has 0 atom stereocenters. The van der Waals surface area contributed by atoms with Gasteiger partial charge < -0.3 is 10.4 Å². The lowest BCUT2D eigenvalue weighted by Gasteiger charge is -2.21. The first kappa shape index (κ1) is 8.17. The zero-order valence-corrected chi connectivity index (χ0v) is 7.67. The molecule has 2 N–H and O–H groups in total. The van der Waals surface area contributed by atoms with Crippen molar-refractivity contribution in [2.24, 2.45) is 0 Å². The minimum absolute atomic E-state index is 0.897. The molecule has 68 valence electrons. The zero-order chi connectivity index (χ0) is 9.26. The Balaban J connectivity index is 2.42. The molecule has 2 rings (SSSR count). The van der Waals surface area contributed by atoms with Gasteiger partial charge in [0.1, 0.15) is 0 Å². The van der Waals surface area contributed by atoms with Crippen LogP contribution in [0.15, 0.2) is 30.2 Å². The first-order valence-corrected chi connectivity index (χ1v) is 4.50. The number of allylic oxidation sites excluding steroid dienone is 1. The number of hydrogen-bond donors (Lipinski definition) is 2. The number of anilines is 1. The van der Waals surface area contributed by atoms with Gasteiger partial charge in [0.2, 0.25) is 0 Å². The van der Waals surface area contributed by atoms with Crippen molar-refractivity contribution < 1.29 is 5.11 Å². The number of aliphatic hydroxyl groups excluding tert-OH is 1. The maximum absolute atomic E-state index is 8.86. The van der Waals surface area contributed by atoms with E-state index in [1.165, 1.54) is 11.1 Å². The minimum Gasteiger partial charge on any atom is -0.514 e. The predicted molar refractivity (Wildman–Crippen MR) is 53.8 cm³/mol. The molecule has 0 spiro atoms. The minimum atomic E-state index is 0.897. The Bertz CT molecular complexity index is 355. The number of hydrogen-bond acceptors (Lipinski definition) is 2. The molecule has 13 heavy (non-hydrogen) atoms. The van der Waals surface area contributed by atoms with Crippen LogP contribution in [0.25, 0.3) is 0 Å². The van der Waals surface area contributed by atoms with Gasteiger partial charge in [-0.3, -0.25) is 0 Å². The van der Waals surface area contributed by atoms with Crippen molar-refractivity contribution in [3.63, 3.8) is 0 Å². The standard InChI is InChI=1S/C11H13NO/c1-8-3-2-4-11-10(8)6-5-9(7-13)12-11/h2-4,7,12-13H,5-6H2,1H3. The van der Waals surface area contributed by atoms with Crippen LogP contribution in [0.4, 0.5) is 5.69 Å². The van der Waals surface area contributed by atoms with Crippen LogP contribution in [0.5, 0.6) is 0 Å². The Labute approximate surface area is 77.9 Å². The summed E-state index contributed by atoms with van der Waals surface area (Å²) in [6, 6.07) is 6.20. The molecule has 0 radical (unpaired) electrons. The number of fused-ring (bicyclic) bond motifs is 1. The van der Waals surface area contributed by atoms with E-state index in [0.29, 0.717) is 0 Å². The van der Waals surface area contributed by atoms with Crippen molar-refractivity contribution in [2.75, 3.05) is 5.32 Å². The van der Waals surface area contributed by atoms with E-state index in [1.54, 1.807) is 0 Å². The highest BCUT2D eigenvalue weighted by molar-refractivity contribution is 5.60. The van der Waals surface area contributed by atoms with Crippen LogP contribution in [0, 0.1) is 6.92 Å². The van der Waals surface area contributed by atoms with Crippen molar-refractivity contribution >= 4 is 5.69 Å². The summed E-state index contributed by atoms with van der Waals surface area (Å²) in [5.74, 6) is 0. The van der Waals surface area contributed by atoms with E-state index >= 15 is 0 Å². The lowest BCUT2D eigenvalue weighted by Crippen LogP contribution is -2.11. The SMILES string of the molecule is Cc1cccc2c1CCC(=CO)N2. The number of benzene rings is 1. The highest BCUT2D eigenvalue weighted by Crippen LogP contribution is 2.28. The molecule has 1 aromatic rings. The summed E-state index contributed by atoms with van der Waals surface area (Å²) >= 11 is 0. The van der Waals surface area contributed by atoms with Gasteiger partial charge in [-0.2, -0.15) is 0 Å². The molecule has 1 aliphatic heterocycles. The highest BCUT2D eigenvalue weighted by Gasteiger charge is 2.13. The zero-order valence-electron chi connectivity index (χ0n) is 7.67. The summed E-state index contributed by atoms with van der Waals surface area (Å²) in [7, 11) is 0. The first-order valence-electron chi connectivity index (χ1n) is 4.50. The molecule has 1 aliphatic rings. The fourth-order valence-electron chi connectivity index (χ4n) is 1.74. The van der Waals surface area contributed by atoms with Crippen LogP contribution in [-0.4, -0.2) is 5.11 Å². The first-order chi connectivity index (χ1) is 6.31. The Hall–Kier alpha value is -1.44. The van der Waals surface area contributed by atoms with E-state index in [2.05, 4.69) is 18.3 Å². The van der Waals surface area contributed by atoms with E-state index < -0.39 is 0 Å². The summed E-state index contributed by atoms with van der Waals surface area (Å²) in [6.07, 6.45) is 3.07. The maximum Gasteiger partial charge on any atom is 0.0984 e.